The van der Waals surface area contributed by atoms with Crippen molar-refractivity contribution in [3.8, 4) is 22.3 Å². The summed E-state index contributed by atoms with van der Waals surface area (Å²) in [6.07, 6.45) is 15.0. The Morgan fingerprint density at radius 1 is 0.547 bits per heavy atom. The first-order chi connectivity index (χ1) is 24.0. The van der Waals surface area contributed by atoms with Gasteiger partial charge in [0.25, 0.3) is 0 Å². The maximum atomic E-state index is 3.06. The quantitative estimate of drug-likeness (QED) is 0.120. The first kappa shape index (κ1) is 46.9. The van der Waals surface area contributed by atoms with Crippen molar-refractivity contribution in [2.45, 2.75) is 110 Å². The zero-order valence-electron chi connectivity index (χ0n) is 33.0. The third kappa shape index (κ3) is 11.0. The monoisotopic (exact) mass is 836 g/mol. The Morgan fingerprint density at radius 3 is 1.36 bits per heavy atom. The van der Waals surface area contributed by atoms with Crippen molar-refractivity contribution in [1.29, 1.82) is 0 Å². The molecule has 0 nitrogen and oxygen atoms in total. The van der Waals surface area contributed by atoms with Gasteiger partial charge in [-0.25, -0.2) is 0 Å². The van der Waals surface area contributed by atoms with Gasteiger partial charge in [-0.2, -0.15) is 12.1 Å². The summed E-state index contributed by atoms with van der Waals surface area (Å²) in [7, 11) is 0. The number of hydrogen-bond donors (Lipinski definition) is 0. The summed E-state index contributed by atoms with van der Waals surface area (Å²) in [5.74, 6) is 1.58. The van der Waals surface area contributed by atoms with E-state index in [9.17, 15) is 0 Å². The van der Waals surface area contributed by atoms with E-state index in [1.807, 2.05) is 0 Å². The average Bonchev–Trinajstić information content (AvgIpc) is 3.79. The summed E-state index contributed by atoms with van der Waals surface area (Å²) in [6.45, 7) is 11.9. The summed E-state index contributed by atoms with van der Waals surface area (Å²) < 4.78 is 0. The summed E-state index contributed by atoms with van der Waals surface area (Å²) >= 11 is 1.36. The van der Waals surface area contributed by atoms with Crippen LogP contribution < -0.4 is 0 Å². The van der Waals surface area contributed by atoms with Crippen molar-refractivity contribution in [2.24, 2.45) is 0 Å². The number of aryl methyl sites for hydroxylation is 4. The maximum absolute atomic E-state index is 3.06. The summed E-state index contributed by atoms with van der Waals surface area (Å²) in [4.78, 5) is 0. The molecule has 4 heteroatoms. The van der Waals surface area contributed by atoms with Crippen LogP contribution >= 0.6 is 24.8 Å². The van der Waals surface area contributed by atoms with Gasteiger partial charge < -0.3 is 14.9 Å². The van der Waals surface area contributed by atoms with Gasteiger partial charge in [0.1, 0.15) is 0 Å². The Kier molecular flexibility index (Phi) is 19.8. The van der Waals surface area contributed by atoms with Crippen molar-refractivity contribution < 1.29 is 23.3 Å². The van der Waals surface area contributed by atoms with E-state index in [1.165, 1.54) is 159 Å². The van der Waals surface area contributed by atoms with Gasteiger partial charge in [-0.05, 0) is 66.2 Å². The van der Waals surface area contributed by atoms with Crippen LogP contribution in [0.25, 0.3) is 43.8 Å². The Balaban J connectivity index is 0.000000327. The second kappa shape index (κ2) is 22.4. The molecule has 53 heavy (non-hydrogen) atoms. The van der Waals surface area contributed by atoms with E-state index < -0.39 is 0 Å². The topological polar surface area (TPSA) is 0 Å². The zero-order chi connectivity index (χ0) is 34.3. The van der Waals surface area contributed by atoms with Crippen molar-refractivity contribution in [2.75, 3.05) is 0 Å². The molecule has 2 radical (unpaired) electrons. The molecule has 0 aliphatic heterocycles. The van der Waals surface area contributed by atoms with Gasteiger partial charge in [-0.1, -0.05) is 138 Å². The molecular weight excluding hydrogens is 779 g/mol. The second-order valence-electron chi connectivity index (χ2n) is 14.7. The van der Waals surface area contributed by atoms with E-state index in [0.717, 1.165) is 18.3 Å². The second-order valence-corrected chi connectivity index (χ2v) is 14.7. The summed E-state index contributed by atoms with van der Waals surface area (Å²) in [5, 5.41) is 5.63. The van der Waals surface area contributed by atoms with E-state index in [2.05, 4.69) is 132 Å². The number of benzene rings is 4. The van der Waals surface area contributed by atoms with Crippen LogP contribution in [0, 0.1) is 35.6 Å². The molecule has 0 saturated heterocycles. The molecule has 2 saturated carbocycles. The number of halogens is 2. The zero-order valence-corrected chi connectivity index (χ0v) is 38.1. The normalized spacial score (nSPS) is 14.2. The van der Waals surface area contributed by atoms with Crippen LogP contribution in [0.5, 0.6) is 0 Å². The third-order valence-electron chi connectivity index (χ3n) is 11.4. The average molecular weight is 839 g/mol. The van der Waals surface area contributed by atoms with Gasteiger partial charge in [0.2, 0.25) is 0 Å². The van der Waals surface area contributed by atoms with Crippen molar-refractivity contribution in [3.05, 3.63) is 145 Å². The van der Waals surface area contributed by atoms with Crippen LogP contribution in [0.15, 0.2) is 97.1 Å². The van der Waals surface area contributed by atoms with Crippen LogP contribution in [0.2, 0.25) is 0 Å². The molecule has 0 spiro atoms. The predicted molar refractivity (Wildman–Crippen MR) is 238 cm³/mol. The molecule has 0 aromatic heterocycles. The predicted octanol–water partition coefficient (Wildman–Crippen LogP) is 15.4. The Hall–Kier alpha value is -2.22. The molecule has 282 valence electrons. The molecule has 2 fully saturated rings. The van der Waals surface area contributed by atoms with E-state index in [-0.39, 0.29) is 39.7 Å². The Bertz CT molecular complexity index is 1970. The molecule has 0 bridgehead atoms. The fraction of sp³-hybridized carbons (Fsp3) is 0.347. The van der Waals surface area contributed by atoms with Gasteiger partial charge in [0.15, 0.2) is 0 Å². The van der Waals surface area contributed by atoms with Gasteiger partial charge in [0, 0.05) is 0 Å². The minimum absolute atomic E-state index is 0. The molecule has 6 aromatic rings. The van der Waals surface area contributed by atoms with Gasteiger partial charge >= 0.3 is 30.2 Å². The minimum atomic E-state index is 0. The van der Waals surface area contributed by atoms with Gasteiger partial charge in [0.05, 0.1) is 0 Å². The molecule has 0 atom stereocenters. The first-order valence-electron chi connectivity index (χ1n) is 18.8. The van der Waals surface area contributed by atoms with Crippen molar-refractivity contribution >= 4 is 53.2 Å². The van der Waals surface area contributed by atoms with E-state index in [1.54, 1.807) is 5.56 Å². The van der Waals surface area contributed by atoms with Gasteiger partial charge in [-0.15, -0.1) is 92.9 Å². The molecule has 0 unspecified atom stereocenters. The third-order valence-corrected chi connectivity index (χ3v) is 11.4. The summed E-state index contributed by atoms with van der Waals surface area (Å²) in [6, 6.07) is 37.3. The number of hydrogen-bond acceptors (Lipinski definition) is 0. The van der Waals surface area contributed by atoms with Crippen LogP contribution in [-0.2, 0) is 29.8 Å². The van der Waals surface area contributed by atoms with Crippen molar-refractivity contribution in [1.82, 2.24) is 0 Å². The first-order valence-corrected chi connectivity index (χ1v) is 23.0. The molecule has 0 N–H and O–H groups in total. The van der Waals surface area contributed by atoms with Crippen LogP contribution in [-0.4, -0.2) is 6.88 Å². The van der Waals surface area contributed by atoms with E-state index >= 15 is 0 Å². The van der Waals surface area contributed by atoms with Crippen LogP contribution in [0.3, 0.4) is 0 Å². The standard InChI is InChI=1S/C24H27.C23H25.2CH3.2ClH.Si.Zr/c1-3-18-15-23-17(2)9-14-22(24(23)16-18)21-12-10-20(11-13-21)19-7-5-4-6-8-19;1-16-14-22-17(2)8-13-21(23(22)15-16)20-11-9-19(10-12-20)18-6-4-3-5-7-18;;;;;;/h9-16,19H,3-8H2,1-2H3;8-15,18H,3-7H2,1-2H3;2*1H3;2*1H;;/q4*-1;;;;. The Labute approximate surface area is 351 Å². The van der Waals surface area contributed by atoms with E-state index in [0.29, 0.717) is 0 Å². The molecule has 0 amide bonds. The molecule has 6 aromatic carbocycles. The Morgan fingerprint density at radius 2 is 0.943 bits per heavy atom. The van der Waals surface area contributed by atoms with Crippen molar-refractivity contribution in [3.63, 3.8) is 0 Å². The SMILES string of the molecule is CCc1cc2c(-c3ccc(C4CCCCC4)cc3)ccc(C)c2[cH-]1.Cc1cc2c(-c3ccc(C4CCCCC4)cc3)ccc(C)c2[cH-]1.Cl.Cl.[CH3-].[CH3-].[Si]=[Zr]. The molecular formula is C49H60Cl2SiZr-4. The molecule has 8 rings (SSSR count). The fourth-order valence-electron chi connectivity index (χ4n) is 8.54. The molecule has 0 heterocycles. The van der Waals surface area contributed by atoms with E-state index in [4.69, 9.17) is 0 Å². The summed E-state index contributed by atoms with van der Waals surface area (Å²) in [5.41, 5.74) is 14.1. The molecule has 2 aliphatic carbocycles. The van der Waals surface area contributed by atoms with Crippen LogP contribution in [0.1, 0.15) is 116 Å². The number of rotatable bonds is 5. The molecule has 2 aliphatic rings. The fourth-order valence-corrected chi connectivity index (χ4v) is 8.54. The van der Waals surface area contributed by atoms with Gasteiger partial charge in [-0.3, -0.25) is 0 Å². The van der Waals surface area contributed by atoms with Crippen LogP contribution in [0.4, 0.5) is 0 Å². The number of fused-ring (bicyclic) bond motifs is 2.